The predicted molar refractivity (Wildman–Crippen MR) is 146 cm³/mol. The largest absolute Gasteiger partial charge is 0.383 e. The van der Waals surface area contributed by atoms with E-state index >= 15 is 0 Å². The first-order chi connectivity index (χ1) is 16.0. The Bertz CT molecular complexity index is 996. The van der Waals surface area contributed by atoms with Gasteiger partial charge in [-0.05, 0) is 75.7 Å². The number of rotatable bonds is 6. The smallest absolute Gasteiger partial charge is 0.215 e. The van der Waals surface area contributed by atoms with Crippen LogP contribution in [0.2, 0.25) is 0 Å². The van der Waals surface area contributed by atoms with Gasteiger partial charge in [-0.3, -0.25) is 0 Å². The van der Waals surface area contributed by atoms with Gasteiger partial charge < -0.3 is 10.8 Å². The zero-order valence-electron chi connectivity index (χ0n) is 22.2. The van der Waals surface area contributed by atoms with Crippen LogP contribution in [0.4, 0.5) is 0 Å². The first-order valence-corrected chi connectivity index (χ1v) is 13.7. The second-order valence-electron chi connectivity index (χ2n) is 11.1. The Morgan fingerprint density at radius 1 is 1.24 bits per heavy atom. The van der Waals surface area contributed by atoms with Crippen molar-refractivity contribution in [2.24, 2.45) is 32.5 Å². The lowest BCUT2D eigenvalue weighted by molar-refractivity contribution is -0.0389. The van der Waals surface area contributed by atoms with E-state index in [1.807, 2.05) is 6.20 Å². The minimum Gasteiger partial charge on any atom is -0.383 e. The van der Waals surface area contributed by atoms with Crippen molar-refractivity contribution < 1.29 is 5.11 Å². The standard InChI is InChI=1S/C25H36N4OS.C3H8/c1-16(13-17(2)20-14-28-21(31-20)25(30)9-6-10-25)8-12-27-22(26)29-18(3)19-7-11-23(4)15-24(19,23)5;1-3-2/h8,13-14,19,30H,6-7,9-12,15H2,1-5H3,(H2,26,27);3H2,1-2H3/b16-8-,17-13+,29-18+;. The van der Waals surface area contributed by atoms with Crippen LogP contribution in [-0.2, 0) is 5.60 Å². The Hall–Kier alpha value is -1.79. The van der Waals surface area contributed by atoms with Gasteiger partial charge >= 0.3 is 0 Å². The first kappa shape index (κ1) is 26.8. The molecule has 4 rings (SSSR count). The highest BCUT2D eigenvalue weighted by atomic mass is 32.1. The maximum atomic E-state index is 10.5. The van der Waals surface area contributed by atoms with Crippen molar-refractivity contribution in [2.75, 3.05) is 6.54 Å². The van der Waals surface area contributed by atoms with Gasteiger partial charge in [-0.1, -0.05) is 51.8 Å². The number of nitrogens with two attached hydrogens (primary N) is 1. The van der Waals surface area contributed by atoms with Gasteiger partial charge in [-0.15, -0.1) is 11.3 Å². The van der Waals surface area contributed by atoms with Crippen LogP contribution in [0.3, 0.4) is 0 Å². The van der Waals surface area contributed by atoms with Gasteiger partial charge in [0.15, 0.2) is 0 Å². The number of aliphatic hydroxyl groups is 1. The minimum atomic E-state index is -0.687. The molecule has 3 aliphatic rings. The third-order valence-electron chi connectivity index (χ3n) is 8.14. The number of aromatic nitrogens is 1. The van der Waals surface area contributed by atoms with Crippen molar-refractivity contribution in [1.82, 2.24) is 4.98 Å². The molecule has 1 heterocycles. The quantitative estimate of drug-likeness (QED) is 0.262. The highest BCUT2D eigenvalue weighted by Gasteiger charge is 2.68. The number of hydrogen-bond acceptors (Lipinski definition) is 4. The maximum Gasteiger partial charge on any atom is 0.215 e. The zero-order valence-corrected chi connectivity index (χ0v) is 23.1. The van der Waals surface area contributed by atoms with E-state index in [2.05, 4.69) is 75.6 Å². The lowest BCUT2D eigenvalue weighted by Gasteiger charge is -2.34. The van der Waals surface area contributed by atoms with Gasteiger partial charge in [-0.25, -0.2) is 15.0 Å². The Kier molecular flexibility index (Phi) is 8.24. The van der Waals surface area contributed by atoms with Crippen molar-refractivity contribution in [3.05, 3.63) is 33.8 Å². The summed E-state index contributed by atoms with van der Waals surface area (Å²) in [4.78, 5) is 14.6. The van der Waals surface area contributed by atoms with E-state index < -0.39 is 5.60 Å². The average molecular weight is 485 g/mol. The predicted octanol–water partition coefficient (Wildman–Crippen LogP) is 6.88. The molecule has 0 aromatic carbocycles. The first-order valence-electron chi connectivity index (χ1n) is 12.9. The molecule has 3 fully saturated rings. The molecule has 1 aromatic rings. The second-order valence-corrected chi connectivity index (χ2v) is 12.1. The van der Waals surface area contributed by atoms with E-state index in [-0.39, 0.29) is 0 Å². The topological polar surface area (TPSA) is 83.9 Å². The van der Waals surface area contributed by atoms with Gasteiger partial charge in [-0.2, -0.15) is 0 Å². The molecular weight excluding hydrogens is 440 g/mol. The summed E-state index contributed by atoms with van der Waals surface area (Å²) in [6.45, 7) is 15.8. The highest BCUT2D eigenvalue weighted by Crippen LogP contribution is 2.75. The van der Waals surface area contributed by atoms with E-state index in [0.29, 0.717) is 29.3 Å². The summed E-state index contributed by atoms with van der Waals surface area (Å²) < 4.78 is 0. The third-order valence-corrected chi connectivity index (χ3v) is 9.47. The van der Waals surface area contributed by atoms with Crippen molar-refractivity contribution >= 4 is 28.6 Å². The van der Waals surface area contributed by atoms with Gasteiger partial charge in [0.2, 0.25) is 5.96 Å². The Labute approximate surface area is 210 Å². The molecule has 6 heteroatoms. The lowest BCUT2D eigenvalue weighted by atomic mass is 9.81. The van der Waals surface area contributed by atoms with Crippen LogP contribution in [0, 0.1) is 16.7 Å². The average Bonchev–Trinajstić information content (AvgIpc) is 3.06. The molecule has 34 heavy (non-hydrogen) atoms. The molecular formula is C28H44N4OS. The summed E-state index contributed by atoms with van der Waals surface area (Å²) in [5.41, 5.74) is 9.75. The van der Waals surface area contributed by atoms with E-state index in [0.717, 1.165) is 46.0 Å². The fourth-order valence-corrected chi connectivity index (χ4v) is 6.61. The minimum absolute atomic E-state index is 0.376. The van der Waals surface area contributed by atoms with Crippen LogP contribution in [0.5, 0.6) is 0 Å². The Morgan fingerprint density at radius 3 is 2.44 bits per heavy atom. The number of thiazole rings is 1. The van der Waals surface area contributed by atoms with Crippen molar-refractivity contribution in [2.45, 2.75) is 99.0 Å². The van der Waals surface area contributed by atoms with Crippen molar-refractivity contribution in [3.8, 4) is 0 Å². The second kappa shape index (κ2) is 10.4. The number of hydrogen-bond donors (Lipinski definition) is 2. The van der Waals surface area contributed by atoms with Crippen LogP contribution < -0.4 is 5.73 Å². The number of guanidine groups is 1. The molecule has 0 amide bonds. The molecule has 3 unspecified atom stereocenters. The van der Waals surface area contributed by atoms with E-state index in [1.54, 1.807) is 11.3 Å². The zero-order chi connectivity index (χ0) is 25.1. The summed E-state index contributed by atoms with van der Waals surface area (Å²) in [6, 6.07) is 0. The van der Waals surface area contributed by atoms with Crippen LogP contribution in [0.25, 0.3) is 5.57 Å². The lowest BCUT2D eigenvalue weighted by Crippen LogP contribution is -2.33. The van der Waals surface area contributed by atoms with E-state index in [9.17, 15) is 5.11 Å². The monoisotopic (exact) mass is 484 g/mol. The van der Waals surface area contributed by atoms with E-state index in [1.165, 1.54) is 25.7 Å². The van der Waals surface area contributed by atoms with Gasteiger partial charge in [0.25, 0.3) is 0 Å². The molecule has 3 aliphatic carbocycles. The Balaban J connectivity index is 0.00000103. The molecule has 0 saturated heterocycles. The van der Waals surface area contributed by atoms with Gasteiger partial charge in [0.05, 0.1) is 11.4 Å². The molecule has 0 aliphatic heterocycles. The summed E-state index contributed by atoms with van der Waals surface area (Å²) in [5.74, 6) is 0.914. The summed E-state index contributed by atoms with van der Waals surface area (Å²) in [6.07, 6.45) is 13.9. The van der Waals surface area contributed by atoms with Crippen LogP contribution in [0.15, 0.2) is 33.9 Å². The molecule has 0 spiro atoms. The summed E-state index contributed by atoms with van der Waals surface area (Å²) >= 11 is 1.59. The molecule has 5 nitrogen and oxygen atoms in total. The van der Waals surface area contributed by atoms with Crippen molar-refractivity contribution in [3.63, 3.8) is 0 Å². The van der Waals surface area contributed by atoms with E-state index in [4.69, 9.17) is 5.73 Å². The number of aliphatic imine (C=N–C) groups is 2. The fraction of sp³-hybridized carbons (Fsp3) is 0.679. The molecule has 3 atom stereocenters. The molecule has 0 bridgehead atoms. The number of fused-ring (bicyclic) bond motifs is 1. The number of allylic oxidation sites excluding steroid dienone is 3. The summed E-state index contributed by atoms with van der Waals surface area (Å²) in [7, 11) is 0. The van der Waals surface area contributed by atoms with Crippen LogP contribution in [0.1, 0.15) is 103 Å². The van der Waals surface area contributed by atoms with Gasteiger partial charge in [0, 0.05) is 17.8 Å². The van der Waals surface area contributed by atoms with Crippen molar-refractivity contribution in [1.29, 1.82) is 0 Å². The third kappa shape index (κ3) is 5.54. The highest BCUT2D eigenvalue weighted by molar-refractivity contribution is 7.12. The molecule has 1 aromatic heterocycles. The molecule has 188 valence electrons. The SMILES string of the molecule is CC(=C/CN=C(N)/N=C(\C)C1CCC2(C)CC12C)/C=C(\C)c1cnc(C2(O)CCC2)s1.CCC. The fourth-order valence-electron chi connectivity index (χ4n) is 5.58. The van der Waals surface area contributed by atoms with Crippen LogP contribution >= 0.6 is 11.3 Å². The molecule has 0 radical (unpaired) electrons. The maximum absolute atomic E-state index is 10.5. The van der Waals surface area contributed by atoms with Gasteiger partial charge in [0.1, 0.15) is 10.6 Å². The molecule has 3 N–H and O–H groups in total. The molecule has 3 saturated carbocycles. The Morgan fingerprint density at radius 2 is 1.91 bits per heavy atom. The normalized spacial score (nSPS) is 30.9. The van der Waals surface area contributed by atoms with Crippen LogP contribution in [-0.4, -0.2) is 28.3 Å². The number of nitrogens with zero attached hydrogens (tertiary/aromatic N) is 3. The summed E-state index contributed by atoms with van der Waals surface area (Å²) in [5, 5.41) is 11.3.